The van der Waals surface area contributed by atoms with Crippen LogP contribution in [-0.2, 0) is 0 Å². The van der Waals surface area contributed by atoms with Crippen LogP contribution < -0.4 is 0 Å². The van der Waals surface area contributed by atoms with Gasteiger partial charge in [0.25, 0.3) is 0 Å². The first-order valence-corrected chi connectivity index (χ1v) is 11.5. The van der Waals surface area contributed by atoms with Crippen molar-refractivity contribution in [3.63, 3.8) is 0 Å². The summed E-state index contributed by atoms with van der Waals surface area (Å²) in [5, 5.41) is 0. The molecule has 0 N–H and O–H groups in total. The average Bonchev–Trinajstić information content (AvgIpc) is 2.91. The Morgan fingerprint density at radius 1 is 0.286 bits per heavy atom. The third-order valence-electron chi connectivity index (χ3n) is 1.04. The topological polar surface area (TPSA) is 38.7 Å². The van der Waals surface area contributed by atoms with Gasteiger partial charge in [0.15, 0.2) is 0 Å². The quantitative estimate of drug-likeness (QED) is 0.442. The van der Waals surface area contributed by atoms with Crippen molar-refractivity contribution in [2.24, 2.45) is 0 Å². The average molecular weight is 400 g/mol. The maximum atomic E-state index is 3.78. The van der Waals surface area contributed by atoms with Crippen molar-refractivity contribution in [3.8, 4) is 0 Å². The molecule has 0 radical (unpaired) electrons. The van der Waals surface area contributed by atoms with E-state index in [1.54, 1.807) is 30.9 Å². The van der Waals surface area contributed by atoms with Crippen LogP contribution in [-0.4, -0.2) is 15.0 Å². The standard InChI is InChI=1S/C5H5N.C4H4N2.8C2H6/c1-2-4-6-5-3-1;1-2-5-4-6-3-1;8*1-2/h1-5H;1-4H;8*1-2H3. The molecule has 3 heteroatoms. The normalized spacial score (nSPS) is 5.14. The third-order valence-corrected chi connectivity index (χ3v) is 1.04. The van der Waals surface area contributed by atoms with Crippen LogP contribution in [0.1, 0.15) is 111 Å². The van der Waals surface area contributed by atoms with E-state index >= 15 is 0 Å². The fraction of sp³-hybridized carbons (Fsp3) is 0.640. The minimum atomic E-state index is 1.50. The second-order valence-corrected chi connectivity index (χ2v) is 1.93. The number of nitrogens with zero attached hydrogens (tertiary/aromatic N) is 3. The van der Waals surface area contributed by atoms with Crippen LogP contribution in [0, 0.1) is 0 Å². The molecule has 3 nitrogen and oxygen atoms in total. The highest BCUT2D eigenvalue weighted by Crippen LogP contribution is 1.73. The van der Waals surface area contributed by atoms with E-state index < -0.39 is 0 Å². The summed E-state index contributed by atoms with van der Waals surface area (Å²) in [4.78, 5) is 11.1. The highest BCUT2D eigenvalue weighted by atomic mass is 14.8. The smallest absolute Gasteiger partial charge is 0.115 e. The Bertz CT molecular complexity index is 189. The van der Waals surface area contributed by atoms with E-state index in [1.807, 2.05) is 129 Å². The number of pyridine rings is 1. The molecule has 0 fully saturated rings. The molecule has 2 rings (SSSR count). The van der Waals surface area contributed by atoms with Crippen molar-refractivity contribution < 1.29 is 0 Å². The lowest BCUT2D eigenvalue weighted by atomic mass is 10.5. The Morgan fingerprint density at radius 3 is 0.607 bits per heavy atom. The highest BCUT2D eigenvalue weighted by molar-refractivity contribution is 4.88. The summed E-state index contributed by atoms with van der Waals surface area (Å²) < 4.78 is 0. The SMILES string of the molecule is CC.CC.CC.CC.CC.CC.CC.CC.c1ccncc1.c1cncnc1. The summed E-state index contributed by atoms with van der Waals surface area (Å²) in [6.45, 7) is 32.0. The summed E-state index contributed by atoms with van der Waals surface area (Å²) in [7, 11) is 0. The maximum Gasteiger partial charge on any atom is 0.115 e. The van der Waals surface area contributed by atoms with Gasteiger partial charge in [0.2, 0.25) is 0 Å². The molecule has 0 saturated carbocycles. The van der Waals surface area contributed by atoms with Crippen LogP contribution in [0.2, 0.25) is 0 Å². The van der Waals surface area contributed by atoms with Gasteiger partial charge >= 0.3 is 0 Å². The molecule has 0 aliphatic heterocycles. The predicted molar refractivity (Wildman–Crippen MR) is 137 cm³/mol. The Kier molecular flexibility index (Phi) is 254. The molecule has 0 aliphatic rings. The summed E-state index contributed by atoms with van der Waals surface area (Å²) in [6, 6.07) is 7.49. The van der Waals surface area contributed by atoms with Crippen LogP contribution in [0.15, 0.2) is 55.4 Å². The lowest BCUT2D eigenvalue weighted by Gasteiger charge is -1.70. The molecule has 0 aromatic carbocycles. The van der Waals surface area contributed by atoms with E-state index in [0.717, 1.165) is 0 Å². The minimum Gasteiger partial charge on any atom is -0.265 e. The van der Waals surface area contributed by atoms with Crippen LogP contribution >= 0.6 is 0 Å². The first kappa shape index (κ1) is 50.2. The van der Waals surface area contributed by atoms with Gasteiger partial charge in [0, 0.05) is 24.8 Å². The van der Waals surface area contributed by atoms with Crippen molar-refractivity contribution in [1.29, 1.82) is 0 Å². The van der Waals surface area contributed by atoms with Crippen molar-refractivity contribution >= 4 is 0 Å². The lowest BCUT2D eigenvalue weighted by molar-refractivity contribution is 1.17. The Hall–Kier alpha value is -1.77. The molecule has 28 heavy (non-hydrogen) atoms. The maximum absolute atomic E-state index is 3.78. The van der Waals surface area contributed by atoms with Gasteiger partial charge in [-0.1, -0.05) is 117 Å². The van der Waals surface area contributed by atoms with Gasteiger partial charge < -0.3 is 0 Å². The molecule has 172 valence electrons. The molecule has 0 amide bonds. The van der Waals surface area contributed by atoms with Gasteiger partial charge in [-0.15, -0.1) is 0 Å². The van der Waals surface area contributed by atoms with E-state index in [9.17, 15) is 0 Å². The fourth-order valence-corrected chi connectivity index (χ4v) is 0.566. The van der Waals surface area contributed by atoms with Gasteiger partial charge in [-0.05, 0) is 18.2 Å². The van der Waals surface area contributed by atoms with Gasteiger partial charge in [0.1, 0.15) is 6.33 Å². The van der Waals surface area contributed by atoms with Crippen molar-refractivity contribution in [2.45, 2.75) is 111 Å². The van der Waals surface area contributed by atoms with E-state index in [-0.39, 0.29) is 0 Å². The molecule has 0 saturated heterocycles. The van der Waals surface area contributed by atoms with Crippen molar-refractivity contribution in [3.05, 3.63) is 55.4 Å². The first-order valence-electron chi connectivity index (χ1n) is 11.5. The Morgan fingerprint density at radius 2 is 0.536 bits per heavy atom. The molecular weight excluding hydrogens is 342 g/mol. The molecule has 0 unspecified atom stereocenters. The second kappa shape index (κ2) is 142. The minimum absolute atomic E-state index is 1.50. The van der Waals surface area contributed by atoms with Gasteiger partial charge in [-0.3, -0.25) is 4.98 Å². The van der Waals surface area contributed by atoms with Crippen LogP contribution in [0.4, 0.5) is 0 Å². The molecule has 0 spiro atoms. The number of hydrogen-bond donors (Lipinski definition) is 0. The van der Waals surface area contributed by atoms with Gasteiger partial charge in [-0.25, -0.2) is 9.97 Å². The summed E-state index contributed by atoms with van der Waals surface area (Å²) >= 11 is 0. The largest absolute Gasteiger partial charge is 0.265 e. The molecule has 2 heterocycles. The van der Waals surface area contributed by atoms with Crippen molar-refractivity contribution in [2.75, 3.05) is 0 Å². The Labute approximate surface area is 181 Å². The van der Waals surface area contributed by atoms with Crippen molar-refractivity contribution in [1.82, 2.24) is 15.0 Å². The van der Waals surface area contributed by atoms with Crippen LogP contribution in [0.5, 0.6) is 0 Å². The van der Waals surface area contributed by atoms with Gasteiger partial charge in [0.05, 0.1) is 0 Å². The first-order chi connectivity index (χ1) is 14.0. The van der Waals surface area contributed by atoms with E-state index in [2.05, 4.69) is 15.0 Å². The van der Waals surface area contributed by atoms with Crippen LogP contribution in [0.3, 0.4) is 0 Å². The summed E-state index contributed by atoms with van der Waals surface area (Å²) in [5.41, 5.74) is 0. The monoisotopic (exact) mass is 399 g/mol. The highest BCUT2D eigenvalue weighted by Gasteiger charge is 1.59. The molecule has 2 aromatic rings. The zero-order valence-electron chi connectivity index (χ0n) is 22.5. The Balaban J connectivity index is -0.0000000284. The van der Waals surface area contributed by atoms with Crippen LogP contribution in [0.25, 0.3) is 0 Å². The molecule has 0 bridgehead atoms. The molecule has 2 aromatic heterocycles. The predicted octanol–water partition coefficient (Wildman–Crippen LogP) is 9.77. The van der Waals surface area contributed by atoms with E-state index in [0.29, 0.717) is 0 Å². The summed E-state index contributed by atoms with van der Waals surface area (Å²) in [6.07, 6.45) is 8.38. The zero-order valence-corrected chi connectivity index (χ0v) is 22.5. The molecular formula is C25H57N3. The van der Waals surface area contributed by atoms with E-state index in [1.165, 1.54) is 6.33 Å². The van der Waals surface area contributed by atoms with Gasteiger partial charge in [-0.2, -0.15) is 0 Å². The molecule has 0 atom stereocenters. The number of rotatable bonds is 0. The fourth-order valence-electron chi connectivity index (χ4n) is 0.566. The summed E-state index contributed by atoms with van der Waals surface area (Å²) in [5.74, 6) is 0. The second-order valence-electron chi connectivity index (χ2n) is 1.93. The zero-order chi connectivity index (χ0) is 24.5. The molecule has 0 aliphatic carbocycles. The third kappa shape index (κ3) is 125. The lowest BCUT2D eigenvalue weighted by Crippen LogP contribution is -1.66. The van der Waals surface area contributed by atoms with E-state index in [4.69, 9.17) is 0 Å². The number of hydrogen-bond acceptors (Lipinski definition) is 3. The number of aromatic nitrogens is 3.